The maximum absolute atomic E-state index is 12.5. The van der Waals surface area contributed by atoms with Crippen molar-refractivity contribution in [2.75, 3.05) is 45.2 Å². The highest BCUT2D eigenvalue weighted by atomic mass is 16.5. The quantitative estimate of drug-likeness (QED) is 0.711. The number of hydrogen-bond donors (Lipinski definition) is 2. The van der Waals surface area contributed by atoms with E-state index in [1.807, 2.05) is 42.6 Å². The van der Waals surface area contributed by atoms with Crippen LogP contribution in [0, 0.1) is 0 Å². The number of methoxy groups -OCH3 is 1. The summed E-state index contributed by atoms with van der Waals surface area (Å²) < 4.78 is 5.22. The van der Waals surface area contributed by atoms with E-state index in [0.29, 0.717) is 12.2 Å². The number of aromatic nitrogens is 2. The summed E-state index contributed by atoms with van der Waals surface area (Å²) in [7, 11) is 3.76. The molecule has 0 spiro atoms. The largest absolute Gasteiger partial charge is 0.497 e. The number of pyridine rings is 1. The molecule has 0 atom stereocenters. The minimum Gasteiger partial charge on any atom is -0.497 e. The molecule has 0 unspecified atom stereocenters. The second kappa shape index (κ2) is 7.90. The third-order valence-corrected chi connectivity index (χ3v) is 5.16. The van der Waals surface area contributed by atoms with Crippen molar-refractivity contribution in [1.29, 1.82) is 0 Å². The Hall–Kier alpha value is -3.06. The molecule has 1 aromatic carbocycles. The van der Waals surface area contributed by atoms with Crippen molar-refractivity contribution in [3.8, 4) is 5.75 Å². The van der Waals surface area contributed by atoms with Gasteiger partial charge in [-0.1, -0.05) is 6.07 Å². The second-order valence-electron chi connectivity index (χ2n) is 7.13. The average Bonchev–Trinajstić information content (AvgIpc) is 3.16. The first-order valence-corrected chi connectivity index (χ1v) is 9.46. The van der Waals surface area contributed by atoms with E-state index in [0.717, 1.165) is 54.2 Å². The molecule has 3 aromatic rings. The van der Waals surface area contributed by atoms with Crippen LogP contribution in [-0.2, 0) is 6.54 Å². The van der Waals surface area contributed by atoms with E-state index in [2.05, 4.69) is 32.1 Å². The van der Waals surface area contributed by atoms with Gasteiger partial charge in [0, 0.05) is 55.9 Å². The van der Waals surface area contributed by atoms with E-state index in [4.69, 9.17) is 4.74 Å². The molecule has 1 saturated heterocycles. The molecule has 0 bridgehead atoms. The Morgan fingerprint density at radius 3 is 2.71 bits per heavy atom. The van der Waals surface area contributed by atoms with Crippen LogP contribution in [0.25, 0.3) is 10.9 Å². The van der Waals surface area contributed by atoms with Crippen LogP contribution in [0.15, 0.2) is 42.6 Å². The highest BCUT2D eigenvalue weighted by Gasteiger charge is 2.15. The topological polar surface area (TPSA) is 73.5 Å². The fourth-order valence-corrected chi connectivity index (χ4v) is 3.38. The molecular weight excluding hydrogens is 354 g/mol. The number of nitrogens with zero attached hydrogens (tertiary/aromatic N) is 3. The van der Waals surface area contributed by atoms with Crippen molar-refractivity contribution < 1.29 is 9.53 Å². The third-order valence-electron chi connectivity index (χ3n) is 5.16. The smallest absolute Gasteiger partial charge is 0.267 e. The lowest BCUT2D eigenvalue weighted by molar-refractivity contribution is 0.0946. The zero-order valence-corrected chi connectivity index (χ0v) is 16.2. The molecule has 2 N–H and O–H groups in total. The number of amides is 1. The molecule has 0 radical (unpaired) electrons. The third kappa shape index (κ3) is 3.94. The summed E-state index contributed by atoms with van der Waals surface area (Å²) in [6.45, 7) is 4.52. The van der Waals surface area contributed by atoms with Gasteiger partial charge in [0.05, 0.1) is 7.11 Å². The summed E-state index contributed by atoms with van der Waals surface area (Å²) in [5.41, 5.74) is 2.39. The summed E-state index contributed by atoms with van der Waals surface area (Å²) in [5.74, 6) is 1.61. The van der Waals surface area contributed by atoms with Gasteiger partial charge in [0.15, 0.2) is 0 Å². The average molecular weight is 379 g/mol. The van der Waals surface area contributed by atoms with Crippen LogP contribution < -0.4 is 15.0 Å². The number of ether oxygens (including phenoxy) is 1. The molecule has 1 aliphatic rings. The Bertz CT molecular complexity index is 959. The molecule has 0 saturated carbocycles. The fourth-order valence-electron chi connectivity index (χ4n) is 3.38. The van der Waals surface area contributed by atoms with Crippen molar-refractivity contribution >= 4 is 22.6 Å². The number of carbonyl (C=O) groups excluding carboxylic acids is 1. The number of carbonyl (C=O) groups is 1. The standard InChI is InChI=1S/C21H25N5O2/c1-25-7-9-26(10-8-25)20-6-3-15(13-22-20)14-23-21(27)19-11-16-4-5-17(28-2)12-18(16)24-19/h3-6,11-13,24H,7-10,14H2,1-2H3,(H,23,27). The van der Waals surface area contributed by atoms with E-state index in [9.17, 15) is 4.79 Å². The molecule has 1 amide bonds. The van der Waals surface area contributed by atoms with Crippen LogP contribution in [0.4, 0.5) is 5.82 Å². The summed E-state index contributed by atoms with van der Waals surface area (Å²) in [6, 6.07) is 11.6. The van der Waals surface area contributed by atoms with Gasteiger partial charge in [-0.2, -0.15) is 0 Å². The van der Waals surface area contributed by atoms with Gasteiger partial charge in [-0.15, -0.1) is 0 Å². The minimum atomic E-state index is -0.140. The Labute approximate surface area is 164 Å². The van der Waals surface area contributed by atoms with Crippen LogP contribution in [0.5, 0.6) is 5.75 Å². The monoisotopic (exact) mass is 379 g/mol. The summed E-state index contributed by atoms with van der Waals surface area (Å²) >= 11 is 0. The summed E-state index contributed by atoms with van der Waals surface area (Å²) in [5, 5.41) is 3.92. The van der Waals surface area contributed by atoms with Crippen LogP contribution in [0.2, 0.25) is 0 Å². The Morgan fingerprint density at radius 1 is 1.18 bits per heavy atom. The minimum absolute atomic E-state index is 0.140. The lowest BCUT2D eigenvalue weighted by Crippen LogP contribution is -2.44. The van der Waals surface area contributed by atoms with Crippen molar-refractivity contribution in [2.24, 2.45) is 0 Å². The van der Waals surface area contributed by atoms with Crippen LogP contribution in [0.3, 0.4) is 0 Å². The van der Waals surface area contributed by atoms with Gasteiger partial charge in [0.25, 0.3) is 5.91 Å². The van der Waals surface area contributed by atoms with E-state index in [1.54, 1.807) is 7.11 Å². The highest BCUT2D eigenvalue weighted by molar-refractivity contribution is 5.98. The second-order valence-corrected chi connectivity index (χ2v) is 7.13. The first-order valence-electron chi connectivity index (χ1n) is 9.46. The lowest BCUT2D eigenvalue weighted by Gasteiger charge is -2.33. The predicted molar refractivity (Wildman–Crippen MR) is 110 cm³/mol. The molecule has 1 fully saturated rings. The number of nitrogens with one attached hydrogen (secondary N) is 2. The van der Waals surface area contributed by atoms with Crippen LogP contribution in [0.1, 0.15) is 16.1 Å². The molecule has 7 heteroatoms. The van der Waals surface area contributed by atoms with Crippen LogP contribution in [-0.4, -0.2) is 61.1 Å². The van der Waals surface area contributed by atoms with E-state index >= 15 is 0 Å². The van der Waals surface area contributed by atoms with Gasteiger partial charge in [-0.25, -0.2) is 4.98 Å². The summed E-state index contributed by atoms with van der Waals surface area (Å²) in [4.78, 5) is 24.8. The maximum atomic E-state index is 12.5. The number of fused-ring (bicyclic) bond motifs is 1. The van der Waals surface area contributed by atoms with Gasteiger partial charge < -0.3 is 24.8 Å². The van der Waals surface area contributed by atoms with Gasteiger partial charge in [0.1, 0.15) is 17.3 Å². The number of likely N-dealkylation sites (N-methyl/N-ethyl adjacent to an activating group) is 1. The highest BCUT2D eigenvalue weighted by Crippen LogP contribution is 2.21. The molecular formula is C21H25N5O2. The zero-order chi connectivity index (χ0) is 19.5. The van der Waals surface area contributed by atoms with E-state index in [1.165, 1.54) is 0 Å². The number of anilines is 1. The van der Waals surface area contributed by atoms with Gasteiger partial charge in [-0.3, -0.25) is 4.79 Å². The molecule has 0 aliphatic carbocycles. The molecule has 4 rings (SSSR count). The van der Waals surface area contributed by atoms with Crippen LogP contribution >= 0.6 is 0 Å². The molecule has 28 heavy (non-hydrogen) atoms. The van der Waals surface area contributed by atoms with Crippen molar-refractivity contribution in [2.45, 2.75) is 6.54 Å². The first-order chi connectivity index (χ1) is 13.6. The Morgan fingerprint density at radius 2 is 2.00 bits per heavy atom. The number of H-pyrrole nitrogens is 1. The normalized spacial score (nSPS) is 15.0. The molecule has 7 nitrogen and oxygen atoms in total. The number of rotatable bonds is 5. The SMILES string of the molecule is COc1ccc2cc(C(=O)NCc3ccc(N4CCN(C)CC4)nc3)[nH]c2c1. The molecule has 1 aliphatic heterocycles. The molecule has 2 aromatic heterocycles. The van der Waals surface area contributed by atoms with Gasteiger partial charge in [-0.05, 0) is 36.9 Å². The number of hydrogen-bond acceptors (Lipinski definition) is 5. The summed E-state index contributed by atoms with van der Waals surface area (Å²) in [6.07, 6.45) is 1.84. The Kier molecular flexibility index (Phi) is 5.16. The van der Waals surface area contributed by atoms with Gasteiger partial charge in [0.2, 0.25) is 0 Å². The van der Waals surface area contributed by atoms with E-state index in [-0.39, 0.29) is 5.91 Å². The molecule has 3 heterocycles. The zero-order valence-electron chi connectivity index (χ0n) is 16.2. The number of piperazine rings is 1. The lowest BCUT2D eigenvalue weighted by atomic mass is 10.2. The molecule has 146 valence electrons. The van der Waals surface area contributed by atoms with Crippen molar-refractivity contribution in [3.05, 3.63) is 53.9 Å². The first kappa shape index (κ1) is 18.3. The predicted octanol–water partition coefficient (Wildman–Crippen LogP) is 2.25. The number of aromatic amines is 1. The number of benzene rings is 1. The Balaban J connectivity index is 1.36. The van der Waals surface area contributed by atoms with E-state index < -0.39 is 0 Å². The van der Waals surface area contributed by atoms with Crippen molar-refractivity contribution in [3.63, 3.8) is 0 Å². The van der Waals surface area contributed by atoms with Crippen molar-refractivity contribution in [1.82, 2.24) is 20.2 Å². The fraction of sp³-hybridized carbons (Fsp3) is 0.333. The maximum Gasteiger partial charge on any atom is 0.267 e. The van der Waals surface area contributed by atoms with Gasteiger partial charge >= 0.3 is 0 Å².